The molecule has 2 unspecified atom stereocenters. The number of hydrogen-bond donors (Lipinski definition) is 0. The monoisotopic (exact) mass is 362 g/mol. The van der Waals surface area contributed by atoms with Gasteiger partial charge in [-0.3, -0.25) is 9.79 Å². The lowest BCUT2D eigenvalue weighted by Gasteiger charge is -2.36. The normalized spacial score (nSPS) is 22.2. The Morgan fingerprint density at radius 1 is 1.38 bits per heavy atom. The molecule has 2 heterocycles. The largest absolute Gasteiger partial charge is 0.468 e. The zero-order chi connectivity index (χ0) is 18.7. The van der Waals surface area contributed by atoms with Gasteiger partial charge < -0.3 is 14.0 Å². The van der Waals surface area contributed by atoms with Crippen molar-refractivity contribution < 1.29 is 27.6 Å². The Kier molecular flexibility index (Phi) is 4.94. The van der Waals surface area contributed by atoms with Gasteiger partial charge in [-0.1, -0.05) is 23.4 Å². The van der Waals surface area contributed by atoms with E-state index >= 15 is 0 Å². The topological polar surface area (TPSA) is 73.9 Å². The highest BCUT2D eigenvalue weighted by molar-refractivity contribution is 5.92. The number of aromatic nitrogens is 1. The van der Waals surface area contributed by atoms with E-state index in [0.717, 1.165) is 6.07 Å². The van der Waals surface area contributed by atoms with Gasteiger partial charge >= 0.3 is 5.97 Å². The molecule has 6 nitrogen and oxygen atoms in total. The number of halogens is 2. The fourth-order valence-electron chi connectivity index (χ4n) is 2.89. The van der Waals surface area contributed by atoms with Crippen molar-refractivity contribution in [3.8, 4) is 0 Å². The van der Waals surface area contributed by atoms with E-state index in [1.807, 2.05) is 0 Å². The minimum atomic E-state index is -1.77. The number of methoxy groups -OCH3 is 1. The average molecular weight is 362 g/mol. The van der Waals surface area contributed by atoms with E-state index in [2.05, 4.69) is 10.1 Å². The fraction of sp³-hybridized carbons (Fsp3) is 0.278. The Morgan fingerprint density at radius 3 is 2.88 bits per heavy atom. The first kappa shape index (κ1) is 17.9. The molecule has 2 aromatic rings. The van der Waals surface area contributed by atoms with Crippen molar-refractivity contribution in [2.75, 3.05) is 7.11 Å². The molecule has 0 bridgehead atoms. The molecule has 0 saturated carbocycles. The van der Waals surface area contributed by atoms with Gasteiger partial charge in [-0.05, 0) is 18.6 Å². The number of benzene rings is 1. The van der Waals surface area contributed by atoms with E-state index < -0.39 is 29.2 Å². The predicted octanol–water partition coefficient (Wildman–Crippen LogP) is 2.94. The molecule has 1 aromatic heterocycles. The quantitative estimate of drug-likeness (QED) is 0.765. The van der Waals surface area contributed by atoms with E-state index in [9.17, 15) is 13.6 Å². The Morgan fingerprint density at radius 2 is 2.19 bits per heavy atom. The van der Waals surface area contributed by atoms with E-state index in [0.29, 0.717) is 11.1 Å². The summed E-state index contributed by atoms with van der Waals surface area (Å²) in [4.78, 5) is 17.0. The van der Waals surface area contributed by atoms with Gasteiger partial charge in [0.05, 0.1) is 19.9 Å². The summed E-state index contributed by atoms with van der Waals surface area (Å²) in [5, 5.41) is 3.56. The molecular weight excluding hydrogens is 346 g/mol. The summed E-state index contributed by atoms with van der Waals surface area (Å²) >= 11 is 0. The lowest BCUT2D eigenvalue weighted by atomic mass is 9.75. The number of esters is 1. The van der Waals surface area contributed by atoms with Crippen LogP contribution in [-0.4, -0.2) is 30.7 Å². The van der Waals surface area contributed by atoms with Crippen molar-refractivity contribution in [2.24, 2.45) is 4.99 Å². The summed E-state index contributed by atoms with van der Waals surface area (Å²) in [6, 6.07) is 3.60. The van der Waals surface area contributed by atoms with Gasteiger partial charge in [0.15, 0.2) is 23.3 Å². The Hall–Kier alpha value is -2.87. The van der Waals surface area contributed by atoms with Crippen LogP contribution in [0.2, 0.25) is 0 Å². The molecule has 1 aromatic carbocycles. The van der Waals surface area contributed by atoms with Crippen LogP contribution in [0.1, 0.15) is 18.1 Å². The third-order valence-electron chi connectivity index (χ3n) is 4.07. The van der Waals surface area contributed by atoms with Crippen LogP contribution in [0, 0.1) is 11.6 Å². The number of aliphatic imine (C=N–C) groups is 1. The minimum Gasteiger partial charge on any atom is -0.468 e. The summed E-state index contributed by atoms with van der Waals surface area (Å²) in [6.07, 6.45) is 4.62. The van der Waals surface area contributed by atoms with E-state index in [-0.39, 0.29) is 12.2 Å². The number of allylic oxidation sites excluding steroid dienone is 1. The highest BCUT2D eigenvalue weighted by atomic mass is 19.2. The molecule has 0 spiro atoms. The first-order valence-corrected chi connectivity index (χ1v) is 7.74. The van der Waals surface area contributed by atoms with Crippen LogP contribution in [0.5, 0.6) is 0 Å². The van der Waals surface area contributed by atoms with Gasteiger partial charge in [0.2, 0.25) is 0 Å². The summed E-state index contributed by atoms with van der Waals surface area (Å²) in [5.74, 6) is -3.05. The van der Waals surface area contributed by atoms with Crippen LogP contribution >= 0.6 is 0 Å². The highest BCUT2D eigenvalue weighted by Gasteiger charge is 2.51. The van der Waals surface area contributed by atoms with Crippen molar-refractivity contribution in [3.63, 3.8) is 0 Å². The summed E-state index contributed by atoms with van der Waals surface area (Å²) in [6.45, 7) is 1.70. The molecule has 0 N–H and O–H groups in total. The van der Waals surface area contributed by atoms with Crippen LogP contribution in [-0.2, 0) is 26.3 Å². The van der Waals surface area contributed by atoms with Gasteiger partial charge in [0.1, 0.15) is 6.26 Å². The highest BCUT2D eigenvalue weighted by Crippen LogP contribution is 2.39. The number of nitrogens with zero attached hydrogens (tertiary/aromatic N) is 2. The summed E-state index contributed by atoms with van der Waals surface area (Å²) < 4.78 is 43.8. The summed E-state index contributed by atoms with van der Waals surface area (Å²) in [5.41, 5.74) is -0.790. The lowest BCUT2D eigenvalue weighted by Crippen LogP contribution is -2.48. The van der Waals surface area contributed by atoms with Crippen LogP contribution in [0.3, 0.4) is 0 Å². The van der Waals surface area contributed by atoms with Gasteiger partial charge in [0.25, 0.3) is 0 Å². The van der Waals surface area contributed by atoms with E-state index in [1.165, 1.54) is 44.0 Å². The molecule has 2 atom stereocenters. The number of ether oxygens (including phenoxy) is 2. The lowest BCUT2D eigenvalue weighted by molar-refractivity contribution is -0.152. The van der Waals surface area contributed by atoms with Gasteiger partial charge in [-0.25, -0.2) is 8.78 Å². The van der Waals surface area contributed by atoms with E-state index in [4.69, 9.17) is 14.0 Å². The molecule has 0 saturated heterocycles. The molecule has 136 valence electrons. The third-order valence-corrected chi connectivity index (χ3v) is 4.07. The van der Waals surface area contributed by atoms with Gasteiger partial charge in [-0.2, -0.15) is 0 Å². The molecule has 0 amide bonds. The molecule has 1 aliphatic rings. The third kappa shape index (κ3) is 3.03. The second-order valence-corrected chi connectivity index (χ2v) is 5.82. The first-order valence-electron chi connectivity index (χ1n) is 7.74. The van der Waals surface area contributed by atoms with Crippen LogP contribution in [0.15, 0.2) is 51.8 Å². The second kappa shape index (κ2) is 7.17. The second-order valence-electron chi connectivity index (χ2n) is 5.82. The maximum Gasteiger partial charge on any atom is 0.325 e. The van der Waals surface area contributed by atoms with Crippen LogP contribution in [0.4, 0.5) is 8.78 Å². The van der Waals surface area contributed by atoms with Gasteiger partial charge in [0, 0.05) is 17.3 Å². The van der Waals surface area contributed by atoms with Crippen LogP contribution < -0.4 is 0 Å². The Bertz CT molecular complexity index is 864. The number of carbonyl (C=O) groups excluding carboxylic acids is 1. The maximum atomic E-state index is 14.6. The fourth-order valence-corrected chi connectivity index (χ4v) is 2.89. The van der Waals surface area contributed by atoms with E-state index in [1.54, 1.807) is 6.92 Å². The average Bonchev–Trinajstić information content (AvgIpc) is 3.15. The van der Waals surface area contributed by atoms with Crippen molar-refractivity contribution in [3.05, 3.63) is 65.1 Å². The minimum absolute atomic E-state index is 0.00801. The molecule has 1 aliphatic heterocycles. The SMILES string of the molecule is COC(=O)C1(c2cccc(F)c2F)C=C(C)C=NC1OCc1cnoc1. The van der Waals surface area contributed by atoms with Crippen molar-refractivity contribution in [1.82, 2.24) is 5.16 Å². The number of dihydropyridines is 1. The van der Waals surface area contributed by atoms with Crippen LogP contribution in [0.25, 0.3) is 0 Å². The zero-order valence-corrected chi connectivity index (χ0v) is 14.1. The number of rotatable bonds is 5. The maximum absolute atomic E-state index is 14.6. The molecule has 3 rings (SSSR count). The molecule has 0 radical (unpaired) electrons. The van der Waals surface area contributed by atoms with Crippen molar-refractivity contribution in [1.29, 1.82) is 0 Å². The predicted molar refractivity (Wildman–Crippen MR) is 87.4 cm³/mol. The number of hydrogen-bond acceptors (Lipinski definition) is 6. The molecule has 26 heavy (non-hydrogen) atoms. The van der Waals surface area contributed by atoms with Crippen molar-refractivity contribution in [2.45, 2.75) is 25.2 Å². The molecular formula is C18H16F2N2O4. The Labute approximate surface area is 148 Å². The van der Waals surface area contributed by atoms with Gasteiger partial charge in [-0.15, -0.1) is 0 Å². The smallest absolute Gasteiger partial charge is 0.325 e. The molecule has 0 aliphatic carbocycles. The zero-order valence-electron chi connectivity index (χ0n) is 14.1. The molecule has 8 heteroatoms. The molecule has 0 fully saturated rings. The number of carbonyl (C=O) groups is 1. The van der Waals surface area contributed by atoms with Crippen molar-refractivity contribution >= 4 is 12.2 Å². The Balaban J connectivity index is 2.10. The standard InChI is InChI=1S/C18H16F2N2O4/c1-11-6-18(17(23)24-2,13-4-3-5-14(19)15(13)20)16(21-7-11)25-9-12-8-22-26-10-12/h3-8,10,16H,9H2,1-2H3. The summed E-state index contributed by atoms with van der Waals surface area (Å²) in [7, 11) is 1.17. The first-order chi connectivity index (χ1) is 12.5.